The van der Waals surface area contributed by atoms with E-state index in [0.29, 0.717) is 21.9 Å². The molecule has 0 saturated carbocycles. The highest BCUT2D eigenvalue weighted by molar-refractivity contribution is 5.97. The number of hydrogen-bond donors (Lipinski definition) is 0. The number of aromatic nitrogens is 4. The quantitative estimate of drug-likeness (QED) is 0.298. The van der Waals surface area contributed by atoms with Crippen molar-refractivity contribution in [2.24, 2.45) is 0 Å². The highest BCUT2D eigenvalue weighted by Gasteiger charge is 2.40. The minimum atomic E-state index is -4.67. The van der Waals surface area contributed by atoms with Gasteiger partial charge in [-0.1, -0.05) is 17.3 Å². The van der Waals surface area contributed by atoms with E-state index in [2.05, 4.69) is 15.3 Å². The second kappa shape index (κ2) is 10.1. The van der Waals surface area contributed by atoms with Crippen LogP contribution in [0.25, 0.3) is 22.4 Å². The molecule has 7 nitrogen and oxygen atoms in total. The van der Waals surface area contributed by atoms with E-state index in [1.807, 2.05) is 38.1 Å². The number of ether oxygens (including phenoxy) is 1. The van der Waals surface area contributed by atoms with Crippen molar-refractivity contribution >= 4 is 11.6 Å². The summed E-state index contributed by atoms with van der Waals surface area (Å²) in [6.45, 7) is 2.29. The van der Waals surface area contributed by atoms with Crippen molar-refractivity contribution in [2.75, 3.05) is 18.6 Å². The number of carbonyl (C=O) groups is 1. The summed E-state index contributed by atoms with van der Waals surface area (Å²) in [6, 6.07) is 12.1. The van der Waals surface area contributed by atoms with Crippen LogP contribution in [0, 0.1) is 19.7 Å². The van der Waals surface area contributed by atoms with Crippen LogP contribution in [-0.4, -0.2) is 45.7 Å². The van der Waals surface area contributed by atoms with Gasteiger partial charge in [0.2, 0.25) is 0 Å². The second-order valence-electron chi connectivity index (χ2n) is 9.47. The van der Waals surface area contributed by atoms with Gasteiger partial charge in [0.25, 0.3) is 5.91 Å². The minimum absolute atomic E-state index is 0.0624. The van der Waals surface area contributed by atoms with Gasteiger partial charge < -0.3 is 9.64 Å². The Kier molecular flexibility index (Phi) is 6.83. The van der Waals surface area contributed by atoms with Crippen LogP contribution in [-0.2, 0) is 11.2 Å². The number of amides is 1. The van der Waals surface area contributed by atoms with Crippen LogP contribution in [0.15, 0.2) is 54.7 Å². The van der Waals surface area contributed by atoms with Crippen molar-refractivity contribution in [2.45, 2.75) is 38.9 Å². The van der Waals surface area contributed by atoms with Gasteiger partial charge in [0.15, 0.2) is 0 Å². The molecule has 1 aliphatic rings. The number of methoxy groups -OCH3 is 1. The van der Waals surface area contributed by atoms with Gasteiger partial charge in [0, 0.05) is 28.1 Å². The molecule has 0 unspecified atom stereocenters. The monoisotopic (exact) mass is 539 g/mol. The summed E-state index contributed by atoms with van der Waals surface area (Å²) in [7, 11) is 1.55. The molecule has 39 heavy (non-hydrogen) atoms. The molecule has 11 heteroatoms. The average Bonchev–Trinajstić information content (AvgIpc) is 3.31. The SMILES string of the molecule is COc1cc(-c2cn([C@@H]3CCc4c(F)cccc4N(CC(F)(F)F)C3=O)nn2)ccc1-c1cc(C)nc(C)c1. The molecule has 1 atom stereocenters. The lowest BCUT2D eigenvalue weighted by atomic mass is 10.0. The molecule has 1 amide bonds. The largest absolute Gasteiger partial charge is 0.496 e. The Morgan fingerprint density at radius 1 is 1.05 bits per heavy atom. The zero-order valence-corrected chi connectivity index (χ0v) is 21.5. The smallest absolute Gasteiger partial charge is 0.406 e. The topological polar surface area (TPSA) is 73.1 Å². The van der Waals surface area contributed by atoms with Crippen molar-refractivity contribution in [3.8, 4) is 28.1 Å². The van der Waals surface area contributed by atoms with E-state index >= 15 is 0 Å². The van der Waals surface area contributed by atoms with Crippen LogP contribution in [0.1, 0.15) is 29.4 Å². The first-order valence-electron chi connectivity index (χ1n) is 12.3. The molecule has 2 aromatic carbocycles. The number of anilines is 1. The van der Waals surface area contributed by atoms with E-state index in [-0.39, 0.29) is 24.1 Å². The van der Waals surface area contributed by atoms with Gasteiger partial charge in [-0.25, -0.2) is 9.07 Å². The molecule has 0 saturated heterocycles. The van der Waals surface area contributed by atoms with Gasteiger partial charge in [0.1, 0.15) is 29.8 Å². The summed E-state index contributed by atoms with van der Waals surface area (Å²) in [5, 5.41) is 8.26. The molecule has 0 spiro atoms. The Morgan fingerprint density at radius 3 is 2.49 bits per heavy atom. The minimum Gasteiger partial charge on any atom is -0.496 e. The Hall–Kier alpha value is -4.28. The fourth-order valence-corrected chi connectivity index (χ4v) is 4.98. The standard InChI is InChI=1S/C28H25F4N5O2/c1-16-11-19(12-17(2)33-16)20-8-7-18(13-26(20)39-3)23-14-37(35-34-23)25-10-9-21-22(29)5-4-6-24(21)36(27(25)38)15-28(30,31)32/h4-8,11-14,25H,9-10,15H2,1-3H3/t25-/m1/s1. The zero-order chi connectivity index (χ0) is 27.9. The maximum atomic E-state index is 14.5. The third-order valence-corrected chi connectivity index (χ3v) is 6.66. The number of carbonyl (C=O) groups excluding carboxylic acids is 1. The molecular weight excluding hydrogens is 514 g/mol. The van der Waals surface area contributed by atoms with Crippen LogP contribution < -0.4 is 9.64 Å². The normalized spacial score (nSPS) is 15.7. The van der Waals surface area contributed by atoms with Crippen LogP contribution in [0.4, 0.5) is 23.2 Å². The summed E-state index contributed by atoms with van der Waals surface area (Å²) in [5.74, 6) is -0.900. The Balaban J connectivity index is 1.48. The van der Waals surface area contributed by atoms with Crippen LogP contribution in [0.3, 0.4) is 0 Å². The van der Waals surface area contributed by atoms with Crippen molar-refractivity contribution < 1.29 is 27.1 Å². The first-order chi connectivity index (χ1) is 18.5. The highest BCUT2D eigenvalue weighted by atomic mass is 19.4. The molecule has 0 bridgehead atoms. The van der Waals surface area contributed by atoms with Crippen LogP contribution in [0.2, 0.25) is 0 Å². The Bertz CT molecular complexity index is 1530. The van der Waals surface area contributed by atoms with Gasteiger partial charge in [-0.15, -0.1) is 5.10 Å². The lowest BCUT2D eigenvalue weighted by Crippen LogP contribution is -2.42. The maximum Gasteiger partial charge on any atom is 0.406 e. The predicted molar refractivity (Wildman–Crippen MR) is 137 cm³/mol. The van der Waals surface area contributed by atoms with E-state index in [0.717, 1.165) is 22.5 Å². The Labute approximate surface area is 222 Å². The Morgan fingerprint density at radius 2 is 1.79 bits per heavy atom. The number of fused-ring (bicyclic) bond motifs is 1. The van der Waals surface area contributed by atoms with E-state index in [1.54, 1.807) is 13.2 Å². The molecule has 1 aliphatic heterocycles. The number of pyridine rings is 1. The molecular formula is C28H25F4N5O2. The fourth-order valence-electron chi connectivity index (χ4n) is 4.98. The van der Waals surface area contributed by atoms with Gasteiger partial charge >= 0.3 is 6.18 Å². The lowest BCUT2D eigenvalue weighted by Gasteiger charge is -2.26. The summed E-state index contributed by atoms with van der Waals surface area (Å²) in [6.07, 6.45) is -3.04. The number of rotatable bonds is 5. The number of alkyl halides is 3. The summed E-state index contributed by atoms with van der Waals surface area (Å²) in [4.78, 5) is 18.4. The number of halogens is 4. The predicted octanol–water partition coefficient (Wildman–Crippen LogP) is 5.85. The van der Waals surface area contributed by atoms with Crippen LogP contribution in [0.5, 0.6) is 5.75 Å². The van der Waals surface area contributed by atoms with Gasteiger partial charge in [-0.3, -0.25) is 9.78 Å². The van der Waals surface area contributed by atoms with Crippen LogP contribution >= 0.6 is 0 Å². The van der Waals surface area contributed by atoms with Gasteiger partial charge in [-0.05, 0) is 68.7 Å². The highest BCUT2D eigenvalue weighted by Crippen LogP contribution is 2.37. The summed E-state index contributed by atoms with van der Waals surface area (Å²) in [5.41, 5.74) is 4.57. The molecule has 3 heterocycles. The molecule has 0 radical (unpaired) electrons. The number of benzene rings is 2. The summed E-state index contributed by atoms with van der Waals surface area (Å²) < 4.78 is 61.7. The third kappa shape index (κ3) is 5.34. The van der Waals surface area contributed by atoms with Crippen molar-refractivity contribution in [1.82, 2.24) is 20.0 Å². The third-order valence-electron chi connectivity index (χ3n) is 6.66. The second-order valence-corrected chi connectivity index (χ2v) is 9.47. The van der Waals surface area contributed by atoms with Gasteiger partial charge in [-0.2, -0.15) is 13.2 Å². The first-order valence-corrected chi connectivity index (χ1v) is 12.3. The molecule has 2 aromatic heterocycles. The van der Waals surface area contributed by atoms with Crippen molar-refractivity contribution in [3.63, 3.8) is 0 Å². The lowest BCUT2D eigenvalue weighted by molar-refractivity contribution is -0.134. The molecule has 202 valence electrons. The van der Waals surface area contributed by atoms with E-state index in [9.17, 15) is 22.4 Å². The fraction of sp³-hybridized carbons (Fsp3) is 0.286. The number of hydrogen-bond acceptors (Lipinski definition) is 5. The molecule has 0 fully saturated rings. The summed E-state index contributed by atoms with van der Waals surface area (Å²) >= 11 is 0. The molecule has 5 rings (SSSR count). The molecule has 0 N–H and O–H groups in total. The number of aryl methyl sites for hydroxylation is 2. The number of nitrogens with zero attached hydrogens (tertiary/aromatic N) is 5. The average molecular weight is 540 g/mol. The van der Waals surface area contributed by atoms with E-state index in [4.69, 9.17) is 4.74 Å². The van der Waals surface area contributed by atoms with Gasteiger partial charge in [0.05, 0.1) is 19.0 Å². The zero-order valence-electron chi connectivity index (χ0n) is 21.5. The van der Waals surface area contributed by atoms with Crippen molar-refractivity contribution in [1.29, 1.82) is 0 Å². The maximum absolute atomic E-state index is 14.5. The van der Waals surface area contributed by atoms with E-state index in [1.165, 1.54) is 29.1 Å². The first kappa shape index (κ1) is 26.3. The van der Waals surface area contributed by atoms with E-state index < -0.39 is 30.5 Å². The molecule has 0 aliphatic carbocycles. The van der Waals surface area contributed by atoms with Crippen molar-refractivity contribution in [3.05, 3.63) is 77.5 Å². The molecule has 4 aromatic rings.